The van der Waals surface area contributed by atoms with Crippen molar-refractivity contribution in [2.24, 2.45) is 0 Å². The van der Waals surface area contributed by atoms with E-state index in [1.807, 2.05) is 72.2 Å². The highest BCUT2D eigenvalue weighted by molar-refractivity contribution is 5.99. The number of rotatable bonds is 8. The number of nitrogens with zero attached hydrogens (tertiary/aromatic N) is 2. The van der Waals surface area contributed by atoms with E-state index in [9.17, 15) is 14.3 Å². The summed E-state index contributed by atoms with van der Waals surface area (Å²) >= 11 is 0. The standard InChI is InChI=1S/C28H28FN3O2/c1-3-11-23(19-12-7-5-8-13-19)30-28(34)26-25(21-16-17-24(33)22(29)18-21)31-27(32(26)4-2)20-14-9-6-10-15-20/h5-10,12-18,23,33H,3-4,11H2,1-2H3,(H,30,34). The van der Waals surface area contributed by atoms with Crippen LogP contribution >= 0.6 is 0 Å². The van der Waals surface area contributed by atoms with Gasteiger partial charge in [-0.05, 0) is 37.1 Å². The molecule has 34 heavy (non-hydrogen) atoms. The fourth-order valence-electron chi connectivity index (χ4n) is 4.18. The number of imidazole rings is 1. The summed E-state index contributed by atoms with van der Waals surface area (Å²) in [7, 11) is 0. The van der Waals surface area contributed by atoms with E-state index in [-0.39, 0.29) is 11.9 Å². The van der Waals surface area contributed by atoms with Crippen LogP contribution in [-0.4, -0.2) is 20.6 Å². The van der Waals surface area contributed by atoms with Gasteiger partial charge in [-0.3, -0.25) is 4.79 Å². The molecule has 3 aromatic carbocycles. The maximum Gasteiger partial charge on any atom is 0.270 e. The van der Waals surface area contributed by atoms with Gasteiger partial charge in [-0.1, -0.05) is 74.0 Å². The van der Waals surface area contributed by atoms with Crippen LogP contribution in [0, 0.1) is 5.82 Å². The van der Waals surface area contributed by atoms with Crippen LogP contribution in [0.2, 0.25) is 0 Å². The van der Waals surface area contributed by atoms with Gasteiger partial charge in [0.1, 0.15) is 17.2 Å². The van der Waals surface area contributed by atoms with E-state index in [4.69, 9.17) is 4.98 Å². The molecule has 0 bridgehead atoms. The predicted molar refractivity (Wildman–Crippen MR) is 132 cm³/mol. The van der Waals surface area contributed by atoms with Crippen LogP contribution in [0.3, 0.4) is 0 Å². The third kappa shape index (κ3) is 4.71. The summed E-state index contributed by atoms with van der Waals surface area (Å²) in [5, 5.41) is 12.9. The summed E-state index contributed by atoms with van der Waals surface area (Å²) < 4.78 is 16.1. The molecule has 4 rings (SSSR count). The Hall–Kier alpha value is -3.93. The Morgan fingerprint density at radius 1 is 1.00 bits per heavy atom. The van der Waals surface area contributed by atoms with Crippen LogP contribution in [0.25, 0.3) is 22.6 Å². The van der Waals surface area contributed by atoms with Gasteiger partial charge in [-0.15, -0.1) is 0 Å². The van der Waals surface area contributed by atoms with Gasteiger partial charge in [0.15, 0.2) is 11.6 Å². The van der Waals surface area contributed by atoms with Crippen LogP contribution in [0.5, 0.6) is 5.75 Å². The summed E-state index contributed by atoms with van der Waals surface area (Å²) in [4.78, 5) is 18.6. The number of amides is 1. The molecular weight excluding hydrogens is 429 g/mol. The number of hydrogen-bond acceptors (Lipinski definition) is 3. The first kappa shape index (κ1) is 23.2. The van der Waals surface area contributed by atoms with Crippen molar-refractivity contribution in [3.05, 3.63) is 95.9 Å². The number of aromatic nitrogens is 2. The van der Waals surface area contributed by atoms with E-state index in [1.165, 1.54) is 12.1 Å². The van der Waals surface area contributed by atoms with Crippen molar-refractivity contribution >= 4 is 5.91 Å². The van der Waals surface area contributed by atoms with Crippen LogP contribution < -0.4 is 5.32 Å². The van der Waals surface area contributed by atoms with Gasteiger partial charge in [0.05, 0.1) is 6.04 Å². The number of aromatic hydroxyl groups is 1. The molecule has 0 radical (unpaired) electrons. The van der Waals surface area contributed by atoms with Gasteiger partial charge in [0, 0.05) is 17.7 Å². The Morgan fingerprint density at radius 3 is 2.29 bits per heavy atom. The second-order valence-corrected chi connectivity index (χ2v) is 8.13. The summed E-state index contributed by atoms with van der Waals surface area (Å²) in [5.41, 5.74) is 3.05. The van der Waals surface area contributed by atoms with E-state index in [0.29, 0.717) is 29.3 Å². The van der Waals surface area contributed by atoms with Gasteiger partial charge in [-0.2, -0.15) is 0 Å². The highest BCUT2D eigenvalue weighted by Crippen LogP contribution is 2.32. The third-order valence-corrected chi connectivity index (χ3v) is 5.84. The monoisotopic (exact) mass is 457 g/mol. The highest BCUT2D eigenvalue weighted by Gasteiger charge is 2.26. The zero-order valence-corrected chi connectivity index (χ0v) is 19.3. The summed E-state index contributed by atoms with van der Waals surface area (Å²) in [6.45, 7) is 4.54. The average Bonchev–Trinajstić information content (AvgIpc) is 3.26. The first-order chi connectivity index (χ1) is 16.5. The minimum atomic E-state index is -0.760. The Bertz CT molecular complexity index is 1270. The van der Waals surface area contributed by atoms with Crippen LogP contribution in [0.1, 0.15) is 48.8 Å². The summed E-state index contributed by atoms with van der Waals surface area (Å²) in [6, 6.07) is 23.4. The fourth-order valence-corrected chi connectivity index (χ4v) is 4.18. The van der Waals surface area contributed by atoms with E-state index in [2.05, 4.69) is 12.2 Å². The first-order valence-corrected chi connectivity index (χ1v) is 11.5. The second kappa shape index (κ2) is 10.3. The van der Waals surface area contributed by atoms with Gasteiger partial charge in [0.2, 0.25) is 0 Å². The molecule has 0 aliphatic heterocycles. The average molecular weight is 458 g/mol. The van der Waals surface area contributed by atoms with Gasteiger partial charge in [-0.25, -0.2) is 9.37 Å². The van der Waals surface area contributed by atoms with E-state index in [1.54, 1.807) is 6.07 Å². The second-order valence-electron chi connectivity index (χ2n) is 8.13. The zero-order chi connectivity index (χ0) is 24.1. The Kier molecular flexibility index (Phi) is 7.07. The number of benzene rings is 3. The lowest BCUT2D eigenvalue weighted by atomic mass is 10.0. The van der Waals surface area contributed by atoms with Gasteiger partial charge < -0.3 is 15.0 Å². The molecule has 2 N–H and O–H groups in total. The third-order valence-electron chi connectivity index (χ3n) is 5.84. The molecule has 174 valence electrons. The van der Waals surface area contributed by atoms with Crippen molar-refractivity contribution < 1.29 is 14.3 Å². The molecule has 0 aliphatic rings. The lowest BCUT2D eigenvalue weighted by molar-refractivity contribution is 0.0926. The minimum absolute atomic E-state index is 0.163. The van der Waals surface area contributed by atoms with E-state index < -0.39 is 11.6 Å². The van der Waals surface area contributed by atoms with E-state index in [0.717, 1.165) is 24.0 Å². The molecular formula is C28H28FN3O2. The maximum absolute atomic E-state index is 14.3. The Morgan fingerprint density at radius 2 is 1.68 bits per heavy atom. The molecule has 1 atom stereocenters. The zero-order valence-electron chi connectivity index (χ0n) is 19.3. The molecule has 0 saturated carbocycles. The largest absolute Gasteiger partial charge is 0.505 e. The smallest absolute Gasteiger partial charge is 0.270 e. The maximum atomic E-state index is 14.3. The SMILES string of the molecule is CCCC(NC(=O)c1c(-c2ccc(O)c(F)c2)nc(-c2ccccc2)n1CC)c1ccccc1. The van der Waals surface area contributed by atoms with Crippen molar-refractivity contribution in [1.82, 2.24) is 14.9 Å². The van der Waals surface area contributed by atoms with Crippen LogP contribution in [-0.2, 0) is 6.54 Å². The highest BCUT2D eigenvalue weighted by atomic mass is 19.1. The number of carbonyl (C=O) groups is 1. The number of halogens is 1. The minimum Gasteiger partial charge on any atom is -0.505 e. The van der Waals surface area contributed by atoms with Crippen LogP contribution in [0.4, 0.5) is 4.39 Å². The summed E-state index contributed by atoms with van der Waals surface area (Å²) in [6.07, 6.45) is 1.68. The molecule has 0 spiro atoms. The lowest BCUT2D eigenvalue weighted by Gasteiger charge is -2.20. The number of hydrogen-bond donors (Lipinski definition) is 2. The van der Waals surface area contributed by atoms with Gasteiger partial charge >= 0.3 is 0 Å². The molecule has 1 amide bonds. The number of carbonyl (C=O) groups excluding carboxylic acids is 1. The molecule has 6 heteroatoms. The van der Waals surface area contributed by atoms with Crippen molar-refractivity contribution in [1.29, 1.82) is 0 Å². The molecule has 5 nitrogen and oxygen atoms in total. The van der Waals surface area contributed by atoms with Crippen molar-refractivity contribution in [2.45, 2.75) is 39.3 Å². The quantitative estimate of drug-likeness (QED) is 0.324. The molecule has 1 heterocycles. The Balaban J connectivity index is 1.84. The fraction of sp³-hybridized carbons (Fsp3) is 0.214. The predicted octanol–water partition coefficient (Wildman–Crippen LogP) is 6.35. The van der Waals surface area contributed by atoms with Crippen molar-refractivity contribution in [2.75, 3.05) is 0 Å². The van der Waals surface area contributed by atoms with Gasteiger partial charge in [0.25, 0.3) is 5.91 Å². The molecule has 1 aromatic heterocycles. The number of phenolic OH excluding ortho intramolecular Hbond substituents is 1. The molecule has 0 aliphatic carbocycles. The normalized spacial score (nSPS) is 11.9. The first-order valence-electron chi connectivity index (χ1n) is 11.5. The number of phenols is 1. The molecule has 0 saturated heterocycles. The Labute approximate surface area is 198 Å². The van der Waals surface area contributed by atoms with Crippen molar-refractivity contribution in [3.8, 4) is 28.4 Å². The summed E-state index contributed by atoms with van der Waals surface area (Å²) in [5.74, 6) is -0.852. The molecule has 0 fully saturated rings. The van der Waals surface area contributed by atoms with E-state index >= 15 is 0 Å². The number of nitrogens with one attached hydrogen (secondary N) is 1. The molecule has 1 unspecified atom stereocenters. The topological polar surface area (TPSA) is 67.2 Å². The lowest BCUT2D eigenvalue weighted by Crippen LogP contribution is -2.30. The molecule has 4 aromatic rings. The van der Waals surface area contributed by atoms with Crippen LogP contribution in [0.15, 0.2) is 78.9 Å². The van der Waals surface area contributed by atoms with Crippen molar-refractivity contribution in [3.63, 3.8) is 0 Å².